The van der Waals surface area contributed by atoms with Gasteiger partial charge in [-0.2, -0.15) is 4.31 Å². The fourth-order valence-electron chi connectivity index (χ4n) is 2.67. The van der Waals surface area contributed by atoms with Gasteiger partial charge in [-0.15, -0.1) is 0 Å². The molecule has 0 saturated carbocycles. The molecule has 0 aromatic carbocycles. The van der Waals surface area contributed by atoms with Crippen LogP contribution in [0.15, 0.2) is 23.2 Å². The molecule has 2 rings (SSSR count). The summed E-state index contributed by atoms with van der Waals surface area (Å²) in [7, 11) is -1.86. The number of hydrogen-bond acceptors (Lipinski definition) is 4. The van der Waals surface area contributed by atoms with Crippen molar-refractivity contribution in [3.05, 3.63) is 23.5 Å². The van der Waals surface area contributed by atoms with Crippen molar-refractivity contribution < 1.29 is 8.42 Å². The third kappa shape index (κ3) is 3.74. The molecule has 1 fully saturated rings. The summed E-state index contributed by atoms with van der Waals surface area (Å²) in [4.78, 5) is 6.41. The van der Waals surface area contributed by atoms with Gasteiger partial charge < -0.3 is 4.90 Å². The van der Waals surface area contributed by atoms with Crippen molar-refractivity contribution >= 4 is 21.6 Å². The summed E-state index contributed by atoms with van der Waals surface area (Å²) in [5, 5.41) is 0.194. The normalized spacial score (nSPS) is 18.6. The average Bonchev–Trinajstić information content (AvgIpc) is 2.46. The standard InChI is InChI=1S/C14H22ClN3O2S/c1-11(2)18-8-5-12(6-9-18)17(3)21(19,20)13-4-7-16-14(15)10-13/h4,7,10-12H,5-6,8-9H2,1-3H3. The first kappa shape index (κ1) is 16.7. The van der Waals surface area contributed by atoms with Crippen molar-refractivity contribution in [3.8, 4) is 0 Å². The van der Waals surface area contributed by atoms with Crippen molar-refractivity contribution in [2.75, 3.05) is 20.1 Å². The molecule has 0 radical (unpaired) electrons. The average molecular weight is 332 g/mol. The molecule has 0 bridgehead atoms. The van der Waals surface area contributed by atoms with E-state index >= 15 is 0 Å². The second kappa shape index (κ2) is 6.60. The molecular formula is C14H22ClN3O2S. The molecule has 0 amide bonds. The van der Waals surface area contributed by atoms with E-state index in [0.717, 1.165) is 25.9 Å². The quantitative estimate of drug-likeness (QED) is 0.794. The van der Waals surface area contributed by atoms with Gasteiger partial charge in [-0.25, -0.2) is 13.4 Å². The van der Waals surface area contributed by atoms with Crippen molar-refractivity contribution in [1.82, 2.24) is 14.2 Å². The minimum atomic E-state index is -3.51. The molecule has 0 atom stereocenters. The molecule has 5 nitrogen and oxygen atoms in total. The SMILES string of the molecule is CC(C)N1CCC(N(C)S(=O)(=O)c2ccnc(Cl)c2)CC1. The van der Waals surface area contributed by atoms with E-state index in [4.69, 9.17) is 11.6 Å². The zero-order valence-corrected chi connectivity index (χ0v) is 14.2. The van der Waals surface area contributed by atoms with Crippen LogP contribution in [0.4, 0.5) is 0 Å². The number of nitrogens with zero attached hydrogens (tertiary/aromatic N) is 3. The van der Waals surface area contributed by atoms with Crippen LogP contribution >= 0.6 is 11.6 Å². The van der Waals surface area contributed by atoms with Crippen LogP contribution in [-0.4, -0.2) is 54.8 Å². The Balaban J connectivity index is 2.11. The van der Waals surface area contributed by atoms with Gasteiger partial charge in [0.1, 0.15) is 5.15 Å². The molecule has 1 aromatic rings. The Bertz CT molecular complexity index is 584. The van der Waals surface area contributed by atoms with Crippen molar-refractivity contribution in [2.24, 2.45) is 0 Å². The molecule has 0 N–H and O–H groups in total. The van der Waals surface area contributed by atoms with Crippen LogP contribution in [0, 0.1) is 0 Å². The number of sulfonamides is 1. The molecule has 0 aliphatic carbocycles. The Kier molecular flexibility index (Phi) is 5.24. The van der Waals surface area contributed by atoms with Gasteiger partial charge in [-0.3, -0.25) is 0 Å². The van der Waals surface area contributed by atoms with E-state index in [9.17, 15) is 8.42 Å². The van der Waals surface area contributed by atoms with Crippen LogP contribution in [0.5, 0.6) is 0 Å². The van der Waals surface area contributed by atoms with E-state index in [1.807, 2.05) is 0 Å². The minimum Gasteiger partial charge on any atom is -0.301 e. The fraction of sp³-hybridized carbons (Fsp3) is 0.643. The second-order valence-electron chi connectivity index (χ2n) is 5.70. The zero-order chi connectivity index (χ0) is 15.6. The highest BCUT2D eigenvalue weighted by molar-refractivity contribution is 7.89. The van der Waals surface area contributed by atoms with Crippen molar-refractivity contribution in [2.45, 2.75) is 43.7 Å². The molecule has 118 valence electrons. The summed E-state index contributed by atoms with van der Waals surface area (Å²) in [5.74, 6) is 0. The smallest absolute Gasteiger partial charge is 0.243 e. The summed E-state index contributed by atoms with van der Waals surface area (Å²) in [6.07, 6.45) is 3.13. The molecule has 21 heavy (non-hydrogen) atoms. The zero-order valence-electron chi connectivity index (χ0n) is 12.7. The van der Waals surface area contributed by atoms with Gasteiger partial charge in [0.15, 0.2) is 0 Å². The highest BCUT2D eigenvalue weighted by Crippen LogP contribution is 2.24. The third-order valence-electron chi connectivity index (χ3n) is 4.12. The molecule has 0 spiro atoms. The van der Waals surface area contributed by atoms with Crippen LogP contribution in [0.25, 0.3) is 0 Å². The van der Waals surface area contributed by atoms with E-state index in [1.54, 1.807) is 7.05 Å². The van der Waals surface area contributed by atoms with E-state index in [1.165, 1.54) is 22.6 Å². The Labute approximate surface area is 132 Å². The lowest BCUT2D eigenvalue weighted by Gasteiger charge is -2.37. The summed E-state index contributed by atoms with van der Waals surface area (Å²) in [6, 6.07) is 3.43. The lowest BCUT2D eigenvalue weighted by atomic mass is 10.0. The number of likely N-dealkylation sites (tertiary alicyclic amines) is 1. The summed E-state index contributed by atoms with van der Waals surface area (Å²) in [6.45, 7) is 6.19. The number of piperidine rings is 1. The highest BCUT2D eigenvalue weighted by Gasteiger charge is 2.31. The lowest BCUT2D eigenvalue weighted by molar-refractivity contribution is 0.140. The summed E-state index contributed by atoms with van der Waals surface area (Å²) < 4.78 is 26.7. The first-order valence-corrected chi connectivity index (χ1v) is 8.98. The third-order valence-corrected chi connectivity index (χ3v) is 6.23. The van der Waals surface area contributed by atoms with Crippen LogP contribution in [0.2, 0.25) is 5.15 Å². The Hall–Kier alpha value is -0.690. The fourth-order valence-corrected chi connectivity index (χ4v) is 4.34. The Morgan fingerprint density at radius 3 is 2.52 bits per heavy atom. The van der Waals surface area contributed by atoms with Crippen LogP contribution in [0.1, 0.15) is 26.7 Å². The van der Waals surface area contributed by atoms with E-state index in [2.05, 4.69) is 23.7 Å². The van der Waals surface area contributed by atoms with Gasteiger partial charge in [0.25, 0.3) is 0 Å². The summed E-state index contributed by atoms with van der Waals surface area (Å²) >= 11 is 5.79. The van der Waals surface area contributed by atoms with Crippen LogP contribution in [-0.2, 0) is 10.0 Å². The van der Waals surface area contributed by atoms with E-state index in [-0.39, 0.29) is 16.1 Å². The maximum Gasteiger partial charge on any atom is 0.243 e. The molecule has 1 aromatic heterocycles. The van der Waals surface area contributed by atoms with Crippen LogP contribution < -0.4 is 0 Å². The molecule has 7 heteroatoms. The monoisotopic (exact) mass is 331 g/mol. The first-order chi connectivity index (χ1) is 9.82. The van der Waals surface area contributed by atoms with Crippen molar-refractivity contribution in [1.29, 1.82) is 0 Å². The number of halogens is 1. The van der Waals surface area contributed by atoms with Gasteiger partial charge in [0.2, 0.25) is 10.0 Å². The van der Waals surface area contributed by atoms with E-state index in [0.29, 0.717) is 6.04 Å². The highest BCUT2D eigenvalue weighted by atomic mass is 35.5. The maximum atomic E-state index is 12.6. The molecule has 1 saturated heterocycles. The first-order valence-electron chi connectivity index (χ1n) is 7.16. The molecule has 1 aliphatic rings. The Morgan fingerprint density at radius 1 is 1.38 bits per heavy atom. The number of pyridine rings is 1. The predicted molar refractivity (Wildman–Crippen MR) is 83.9 cm³/mol. The lowest BCUT2D eigenvalue weighted by Crippen LogP contribution is -2.47. The van der Waals surface area contributed by atoms with Gasteiger partial charge in [-0.1, -0.05) is 11.6 Å². The molecule has 2 heterocycles. The number of aromatic nitrogens is 1. The second-order valence-corrected chi connectivity index (χ2v) is 8.08. The molecular weight excluding hydrogens is 310 g/mol. The van der Waals surface area contributed by atoms with E-state index < -0.39 is 10.0 Å². The predicted octanol–water partition coefficient (Wildman–Crippen LogP) is 2.23. The minimum absolute atomic E-state index is 0.0388. The molecule has 0 unspecified atom stereocenters. The van der Waals surface area contributed by atoms with Gasteiger partial charge >= 0.3 is 0 Å². The molecule has 1 aliphatic heterocycles. The number of rotatable bonds is 4. The number of hydrogen-bond donors (Lipinski definition) is 0. The van der Waals surface area contributed by atoms with Crippen LogP contribution in [0.3, 0.4) is 0 Å². The Morgan fingerprint density at radius 2 is 2.00 bits per heavy atom. The largest absolute Gasteiger partial charge is 0.301 e. The maximum absolute atomic E-state index is 12.6. The van der Waals surface area contributed by atoms with Gasteiger partial charge in [-0.05, 0) is 51.9 Å². The van der Waals surface area contributed by atoms with Gasteiger partial charge in [0.05, 0.1) is 4.90 Å². The summed E-state index contributed by atoms with van der Waals surface area (Å²) in [5.41, 5.74) is 0. The topological polar surface area (TPSA) is 53.5 Å². The van der Waals surface area contributed by atoms with Crippen molar-refractivity contribution in [3.63, 3.8) is 0 Å². The van der Waals surface area contributed by atoms with Gasteiger partial charge in [0, 0.05) is 25.3 Å².